The summed E-state index contributed by atoms with van der Waals surface area (Å²) in [6.45, 7) is 6.89. The number of nitrogens with zero attached hydrogens (tertiary/aromatic N) is 3. The van der Waals surface area contributed by atoms with Gasteiger partial charge in [0.2, 0.25) is 0 Å². The van der Waals surface area contributed by atoms with Crippen LogP contribution in [0, 0.1) is 5.92 Å². The van der Waals surface area contributed by atoms with Gasteiger partial charge in [0, 0.05) is 14.7 Å². The molecule has 0 radical (unpaired) electrons. The first kappa shape index (κ1) is 13.7. The average molecular weight is 329 g/mol. The molecule has 0 aromatic carbocycles. The van der Waals surface area contributed by atoms with Crippen molar-refractivity contribution in [3.05, 3.63) is 32.9 Å². The van der Waals surface area contributed by atoms with Crippen molar-refractivity contribution in [2.45, 2.75) is 26.9 Å². The maximum absolute atomic E-state index is 4.45. The Balaban J connectivity index is 1.86. The summed E-state index contributed by atoms with van der Waals surface area (Å²) in [5, 5.41) is 9.87. The Bertz CT molecular complexity index is 492. The quantitative estimate of drug-likeness (QED) is 0.886. The van der Waals surface area contributed by atoms with Crippen LogP contribution < -0.4 is 5.32 Å². The molecule has 0 unspecified atom stereocenters. The lowest BCUT2D eigenvalue weighted by Crippen LogP contribution is -2.19. The molecule has 0 fully saturated rings. The monoisotopic (exact) mass is 328 g/mol. The van der Waals surface area contributed by atoms with Gasteiger partial charge in [-0.05, 0) is 34.5 Å². The van der Waals surface area contributed by atoms with Gasteiger partial charge in [0.15, 0.2) is 5.82 Å². The lowest BCUT2D eigenvalue weighted by atomic mass is 10.2. The highest BCUT2D eigenvalue weighted by Gasteiger charge is 2.03. The number of thiophene rings is 1. The smallest absolute Gasteiger partial charge is 0.164 e. The van der Waals surface area contributed by atoms with Crippen LogP contribution in [0.25, 0.3) is 0 Å². The molecule has 18 heavy (non-hydrogen) atoms. The minimum absolute atomic E-state index is 0.649. The summed E-state index contributed by atoms with van der Waals surface area (Å²) >= 11 is 5.18. The van der Waals surface area contributed by atoms with E-state index in [-0.39, 0.29) is 0 Å². The number of hydrogen-bond acceptors (Lipinski definition) is 4. The predicted molar refractivity (Wildman–Crippen MR) is 77.7 cm³/mol. The number of aromatic nitrogens is 3. The molecule has 2 rings (SSSR count). The Morgan fingerprint density at radius 3 is 3.00 bits per heavy atom. The molecule has 6 heteroatoms. The van der Waals surface area contributed by atoms with Crippen LogP contribution in [0.15, 0.2) is 22.2 Å². The van der Waals surface area contributed by atoms with Crippen molar-refractivity contribution in [3.8, 4) is 0 Å². The second-order valence-electron chi connectivity index (χ2n) is 4.61. The summed E-state index contributed by atoms with van der Waals surface area (Å²) in [4.78, 5) is 5.57. The molecule has 2 heterocycles. The minimum Gasteiger partial charge on any atom is -0.310 e. The summed E-state index contributed by atoms with van der Waals surface area (Å²) in [5.41, 5.74) is 0. The van der Waals surface area contributed by atoms with Gasteiger partial charge >= 0.3 is 0 Å². The van der Waals surface area contributed by atoms with Crippen LogP contribution in [0.1, 0.15) is 24.5 Å². The Hall–Kier alpha value is -0.720. The van der Waals surface area contributed by atoms with Gasteiger partial charge < -0.3 is 5.32 Å². The molecule has 0 spiro atoms. The van der Waals surface area contributed by atoms with Crippen molar-refractivity contribution in [3.63, 3.8) is 0 Å². The molecular weight excluding hydrogens is 312 g/mol. The normalized spacial score (nSPS) is 11.3. The van der Waals surface area contributed by atoms with Crippen molar-refractivity contribution in [1.82, 2.24) is 20.1 Å². The van der Waals surface area contributed by atoms with E-state index in [1.54, 1.807) is 17.7 Å². The molecular formula is C12H17BrN4S. The topological polar surface area (TPSA) is 42.7 Å². The van der Waals surface area contributed by atoms with E-state index in [1.165, 1.54) is 4.88 Å². The largest absolute Gasteiger partial charge is 0.310 e. The van der Waals surface area contributed by atoms with Crippen LogP contribution in [-0.4, -0.2) is 21.3 Å². The van der Waals surface area contributed by atoms with Crippen LogP contribution in [0.3, 0.4) is 0 Å². The third-order valence-electron chi connectivity index (χ3n) is 2.36. The fraction of sp³-hybridized carbons (Fsp3) is 0.500. The van der Waals surface area contributed by atoms with E-state index in [2.05, 4.69) is 56.6 Å². The molecule has 0 saturated carbocycles. The Morgan fingerprint density at radius 2 is 2.33 bits per heavy atom. The minimum atomic E-state index is 0.649. The van der Waals surface area contributed by atoms with E-state index >= 15 is 0 Å². The molecule has 0 atom stereocenters. The second-order valence-corrected chi connectivity index (χ2v) is 6.53. The average Bonchev–Trinajstić information content (AvgIpc) is 2.89. The molecule has 0 amide bonds. The third-order valence-corrected chi connectivity index (χ3v) is 4.04. The maximum atomic E-state index is 4.45. The predicted octanol–water partition coefficient (Wildman–Crippen LogP) is 2.90. The molecule has 2 aromatic heterocycles. The van der Waals surface area contributed by atoms with E-state index in [1.807, 2.05) is 4.68 Å². The van der Waals surface area contributed by atoms with E-state index < -0.39 is 0 Å². The Labute approximate surface area is 120 Å². The van der Waals surface area contributed by atoms with Gasteiger partial charge in [-0.15, -0.1) is 11.3 Å². The van der Waals surface area contributed by atoms with E-state index in [4.69, 9.17) is 0 Å². The van der Waals surface area contributed by atoms with Crippen molar-refractivity contribution >= 4 is 27.3 Å². The zero-order valence-corrected chi connectivity index (χ0v) is 13.0. The number of halogens is 1. The molecule has 98 valence electrons. The standard InChI is InChI=1S/C12H17BrN4S/c1-9(2)4-14-5-12-15-8-17(16-12)6-11-3-10(13)7-18-11/h3,7-9,14H,4-6H2,1-2H3. The maximum Gasteiger partial charge on any atom is 0.164 e. The molecule has 2 aromatic rings. The fourth-order valence-electron chi connectivity index (χ4n) is 1.56. The van der Waals surface area contributed by atoms with Crippen LogP contribution in [-0.2, 0) is 13.1 Å². The van der Waals surface area contributed by atoms with Gasteiger partial charge in [0.25, 0.3) is 0 Å². The van der Waals surface area contributed by atoms with Crippen molar-refractivity contribution in [1.29, 1.82) is 0 Å². The lowest BCUT2D eigenvalue weighted by Gasteiger charge is -2.04. The number of rotatable bonds is 6. The molecule has 0 saturated heterocycles. The zero-order chi connectivity index (χ0) is 13.0. The van der Waals surface area contributed by atoms with Crippen LogP contribution in [0.2, 0.25) is 0 Å². The first-order chi connectivity index (χ1) is 8.63. The van der Waals surface area contributed by atoms with E-state index in [0.717, 1.165) is 29.9 Å². The summed E-state index contributed by atoms with van der Waals surface area (Å²) < 4.78 is 3.01. The van der Waals surface area contributed by atoms with Gasteiger partial charge in [-0.25, -0.2) is 9.67 Å². The molecule has 0 aliphatic heterocycles. The summed E-state index contributed by atoms with van der Waals surface area (Å²) in [5.74, 6) is 1.50. The first-order valence-corrected chi connectivity index (χ1v) is 7.62. The lowest BCUT2D eigenvalue weighted by molar-refractivity contribution is 0.540. The summed E-state index contributed by atoms with van der Waals surface area (Å²) in [6.07, 6.45) is 1.79. The number of hydrogen-bond donors (Lipinski definition) is 1. The third kappa shape index (κ3) is 4.19. The highest BCUT2D eigenvalue weighted by Crippen LogP contribution is 2.20. The molecule has 1 N–H and O–H groups in total. The van der Waals surface area contributed by atoms with Crippen molar-refractivity contribution < 1.29 is 0 Å². The SMILES string of the molecule is CC(C)CNCc1ncn(Cc2cc(Br)cs2)n1. The number of nitrogens with one attached hydrogen (secondary N) is 1. The van der Waals surface area contributed by atoms with Crippen molar-refractivity contribution in [2.24, 2.45) is 5.92 Å². The highest BCUT2D eigenvalue weighted by atomic mass is 79.9. The van der Waals surface area contributed by atoms with Crippen molar-refractivity contribution in [2.75, 3.05) is 6.54 Å². The Kier molecular flexibility index (Phi) is 4.91. The van der Waals surface area contributed by atoms with E-state index in [0.29, 0.717) is 5.92 Å². The summed E-state index contributed by atoms with van der Waals surface area (Å²) in [7, 11) is 0. The summed E-state index contributed by atoms with van der Waals surface area (Å²) in [6, 6.07) is 2.11. The van der Waals surface area contributed by atoms with Gasteiger partial charge in [0.1, 0.15) is 6.33 Å². The van der Waals surface area contributed by atoms with Gasteiger partial charge in [-0.2, -0.15) is 5.10 Å². The Morgan fingerprint density at radius 1 is 1.50 bits per heavy atom. The highest BCUT2D eigenvalue weighted by molar-refractivity contribution is 9.10. The molecule has 0 aliphatic rings. The van der Waals surface area contributed by atoms with Gasteiger partial charge in [0.05, 0.1) is 13.1 Å². The molecule has 0 aliphatic carbocycles. The van der Waals surface area contributed by atoms with Gasteiger partial charge in [-0.3, -0.25) is 0 Å². The fourth-order valence-corrected chi connectivity index (χ4v) is 3.00. The van der Waals surface area contributed by atoms with Gasteiger partial charge in [-0.1, -0.05) is 13.8 Å². The van der Waals surface area contributed by atoms with Crippen LogP contribution >= 0.6 is 27.3 Å². The van der Waals surface area contributed by atoms with E-state index in [9.17, 15) is 0 Å². The zero-order valence-electron chi connectivity index (χ0n) is 10.6. The van der Waals surface area contributed by atoms with Crippen LogP contribution in [0.5, 0.6) is 0 Å². The first-order valence-electron chi connectivity index (χ1n) is 5.95. The molecule has 0 bridgehead atoms. The molecule has 4 nitrogen and oxygen atoms in total. The second kappa shape index (κ2) is 6.45. The van der Waals surface area contributed by atoms with Crippen LogP contribution in [0.4, 0.5) is 0 Å².